The number of phenolic OH excluding ortho intramolecular Hbond substituents is 1. The molecule has 0 radical (unpaired) electrons. The van der Waals surface area contributed by atoms with Crippen molar-refractivity contribution in [2.45, 2.75) is 20.3 Å². The Morgan fingerprint density at radius 2 is 1.78 bits per heavy atom. The third-order valence-electron chi connectivity index (χ3n) is 2.85. The molecule has 0 aliphatic rings. The van der Waals surface area contributed by atoms with Crippen LogP contribution in [0.3, 0.4) is 0 Å². The Labute approximate surface area is 107 Å². The second-order valence-corrected chi connectivity index (χ2v) is 4.96. The van der Waals surface area contributed by atoms with E-state index in [9.17, 15) is 9.50 Å². The summed E-state index contributed by atoms with van der Waals surface area (Å²) in [6, 6.07) is 12.6. The average molecular weight is 244 g/mol. The minimum Gasteiger partial charge on any atom is -0.505 e. The van der Waals surface area contributed by atoms with Crippen molar-refractivity contribution in [3.8, 4) is 16.9 Å². The number of phenols is 1. The van der Waals surface area contributed by atoms with E-state index in [4.69, 9.17) is 0 Å². The average Bonchev–Trinajstić information content (AvgIpc) is 2.32. The van der Waals surface area contributed by atoms with E-state index < -0.39 is 5.82 Å². The lowest BCUT2D eigenvalue weighted by Crippen LogP contribution is -1.94. The molecule has 0 saturated carbocycles. The lowest BCUT2D eigenvalue weighted by atomic mass is 9.98. The molecule has 0 aromatic heterocycles. The quantitative estimate of drug-likeness (QED) is 0.848. The van der Waals surface area contributed by atoms with E-state index in [1.54, 1.807) is 6.07 Å². The second-order valence-electron chi connectivity index (χ2n) is 4.96. The van der Waals surface area contributed by atoms with Gasteiger partial charge in [-0.25, -0.2) is 4.39 Å². The fraction of sp³-hybridized carbons (Fsp3) is 0.250. The first kappa shape index (κ1) is 12.6. The maximum atomic E-state index is 13.3. The van der Waals surface area contributed by atoms with Gasteiger partial charge in [0.2, 0.25) is 0 Å². The van der Waals surface area contributed by atoms with E-state index >= 15 is 0 Å². The summed E-state index contributed by atoms with van der Waals surface area (Å²) in [5.74, 6) is -0.296. The zero-order chi connectivity index (χ0) is 13.1. The zero-order valence-electron chi connectivity index (χ0n) is 10.7. The van der Waals surface area contributed by atoms with Crippen LogP contribution in [-0.2, 0) is 6.42 Å². The van der Waals surface area contributed by atoms with Gasteiger partial charge in [0.05, 0.1) is 0 Å². The van der Waals surface area contributed by atoms with Crippen LogP contribution in [0.15, 0.2) is 42.5 Å². The Bertz CT molecular complexity index is 547. The molecular weight excluding hydrogens is 227 g/mol. The van der Waals surface area contributed by atoms with Crippen LogP contribution >= 0.6 is 0 Å². The number of rotatable bonds is 3. The van der Waals surface area contributed by atoms with E-state index in [1.165, 1.54) is 17.7 Å². The molecule has 0 atom stereocenters. The van der Waals surface area contributed by atoms with Gasteiger partial charge in [-0.15, -0.1) is 0 Å². The minimum absolute atomic E-state index is 0.308. The van der Waals surface area contributed by atoms with Gasteiger partial charge in [0.25, 0.3) is 0 Å². The fourth-order valence-electron chi connectivity index (χ4n) is 2.04. The van der Waals surface area contributed by atoms with Crippen molar-refractivity contribution >= 4 is 0 Å². The minimum atomic E-state index is -0.582. The summed E-state index contributed by atoms with van der Waals surface area (Å²) in [4.78, 5) is 0. The molecule has 0 aliphatic carbocycles. The summed E-state index contributed by atoms with van der Waals surface area (Å²) in [5.41, 5.74) is 3.01. The van der Waals surface area contributed by atoms with Crippen LogP contribution in [0.2, 0.25) is 0 Å². The molecule has 0 fully saturated rings. The van der Waals surface area contributed by atoms with Crippen LogP contribution in [0.1, 0.15) is 19.4 Å². The van der Waals surface area contributed by atoms with Gasteiger partial charge < -0.3 is 5.11 Å². The predicted molar refractivity (Wildman–Crippen MR) is 72.0 cm³/mol. The monoisotopic (exact) mass is 244 g/mol. The maximum Gasteiger partial charge on any atom is 0.165 e. The van der Waals surface area contributed by atoms with Crippen molar-refractivity contribution in [3.63, 3.8) is 0 Å². The molecule has 0 amide bonds. The molecule has 0 saturated heterocycles. The molecule has 0 spiro atoms. The Hall–Kier alpha value is -1.83. The van der Waals surface area contributed by atoms with Gasteiger partial charge in [-0.05, 0) is 41.2 Å². The van der Waals surface area contributed by atoms with Crippen molar-refractivity contribution in [2.75, 3.05) is 0 Å². The van der Waals surface area contributed by atoms with Crippen LogP contribution in [0.5, 0.6) is 5.75 Å². The molecule has 94 valence electrons. The highest BCUT2D eigenvalue weighted by Gasteiger charge is 2.05. The molecule has 1 nitrogen and oxygen atoms in total. The normalized spacial score (nSPS) is 10.9. The first-order valence-electron chi connectivity index (χ1n) is 6.14. The van der Waals surface area contributed by atoms with E-state index in [1.807, 2.05) is 12.1 Å². The van der Waals surface area contributed by atoms with Gasteiger partial charge in [-0.2, -0.15) is 0 Å². The highest BCUT2D eigenvalue weighted by molar-refractivity contribution is 5.65. The molecule has 2 aromatic carbocycles. The maximum absolute atomic E-state index is 13.3. The van der Waals surface area contributed by atoms with Gasteiger partial charge in [0, 0.05) is 0 Å². The third-order valence-corrected chi connectivity index (χ3v) is 2.85. The summed E-state index contributed by atoms with van der Waals surface area (Å²) >= 11 is 0. The van der Waals surface area contributed by atoms with Crippen LogP contribution < -0.4 is 0 Å². The number of halogens is 1. The Balaban J connectivity index is 2.35. The zero-order valence-corrected chi connectivity index (χ0v) is 10.7. The number of aromatic hydroxyl groups is 1. The summed E-state index contributed by atoms with van der Waals surface area (Å²) in [5, 5.41) is 9.19. The Morgan fingerprint density at radius 1 is 1.06 bits per heavy atom. The van der Waals surface area contributed by atoms with Crippen LogP contribution in [0.4, 0.5) is 4.39 Å². The SMILES string of the molecule is CC(C)Cc1cccc(-c2ccc(O)c(F)c2)c1. The summed E-state index contributed by atoms with van der Waals surface area (Å²) in [6.07, 6.45) is 1.01. The summed E-state index contributed by atoms with van der Waals surface area (Å²) in [6.45, 7) is 4.35. The third kappa shape index (κ3) is 2.89. The summed E-state index contributed by atoms with van der Waals surface area (Å²) < 4.78 is 13.3. The van der Waals surface area contributed by atoms with Crippen LogP contribution in [0.25, 0.3) is 11.1 Å². The van der Waals surface area contributed by atoms with Gasteiger partial charge in [0.1, 0.15) is 0 Å². The molecule has 0 unspecified atom stereocenters. The molecule has 0 bridgehead atoms. The van der Waals surface area contributed by atoms with Crippen molar-refractivity contribution in [2.24, 2.45) is 5.92 Å². The van der Waals surface area contributed by atoms with Crippen LogP contribution in [-0.4, -0.2) is 5.11 Å². The second kappa shape index (κ2) is 5.21. The van der Waals surface area contributed by atoms with E-state index in [0.717, 1.165) is 17.5 Å². The highest BCUT2D eigenvalue weighted by Crippen LogP contribution is 2.26. The summed E-state index contributed by atoms with van der Waals surface area (Å²) in [7, 11) is 0. The Kier molecular flexibility index (Phi) is 3.66. The van der Waals surface area contributed by atoms with Crippen molar-refractivity contribution in [1.82, 2.24) is 0 Å². The fourth-order valence-corrected chi connectivity index (χ4v) is 2.04. The van der Waals surface area contributed by atoms with Gasteiger partial charge in [-0.1, -0.05) is 44.2 Å². The molecule has 18 heavy (non-hydrogen) atoms. The Morgan fingerprint density at radius 3 is 2.44 bits per heavy atom. The van der Waals surface area contributed by atoms with E-state index in [0.29, 0.717) is 5.92 Å². The van der Waals surface area contributed by atoms with Crippen molar-refractivity contribution in [1.29, 1.82) is 0 Å². The number of hydrogen-bond acceptors (Lipinski definition) is 1. The van der Waals surface area contributed by atoms with Crippen LogP contribution in [0, 0.1) is 11.7 Å². The van der Waals surface area contributed by atoms with Gasteiger partial charge >= 0.3 is 0 Å². The lowest BCUT2D eigenvalue weighted by molar-refractivity contribution is 0.432. The topological polar surface area (TPSA) is 20.2 Å². The highest BCUT2D eigenvalue weighted by atomic mass is 19.1. The molecular formula is C16H17FO. The molecule has 2 heteroatoms. The molecule has 2 aromatic rings. The van der Waals surface area contributed by atoms with Crippen molar-refractivity contribution in [3.05, 3.63) is 53.8 Å². The molecule has 0 heterocycles. The van der Waals surface area contributed by atoms with E-state index in [-0.39, 0.29) is 5.75 Å². The first-order chi connectivity index (χ1) is 8.56. The molecule has 0 aliphatic heterocycles. The first-order valence-corrected chi connectivity index (χ1v) is 6.14. The standard InChI is InChI=1S/C16H17FO/c1-11(2)8-12-4-3-5-13(9-12)14-6-7-16(18)15(17)10-14/h3-7,9-11,18H,8H2,1-2H3. The molecule has 2 rings (SSSR count). The smallest absolute Gasteiger partial charge is 0.165 e. The van der Waals surface area contributed by atoms with Crippen molar-refractivity contribution < 1.29 is 9.50 Å². The largest absolute Gasteiger partial charge is 0.505 e. The van der Waals surface area contributed by atoms with Gasteiger partial charge in [-0.3, -0.25) is 0 Å². The molecule has 1 N–H and O–H groups in total. The van der Waals surface area contributed by atoms with Gasteiger partial charge in [0.15, 0.2) is 11.6 Å². The number of benzene rings is 2. The number of hydrogen-bond donors (Lipinski definition) is 1. The lowest BCUT2D eigenvalue weighted by Gasteiger charge is -2.08. The predicted octanol–water partition coefficient (Wildman–Crippen LogP) is 4.40. The van der Waals surface area contributed by atoms with E-state index in [2.05, 4.69) is 26.0 Å².